The predicted molar refractivity (Wildman–Crippen MR) is 232 cm³/mol. The molecule has 6 atom stereocenters. The number of carbonyl (C=O) groups is 4. The number of hydrogen-bond donors (Lipinski definition) is 6. The van der Waals surface area contributed by atoms with E-state index in [0.29, 0.717) is 72.4 Å². The van der Waals surface area contributed by atoms with Crippen molar-refractivity contribution in [1.82, 2.24) is 35.5 Å². The molecule has 2 aromatic heterocycles. The van der Waals surface area contributed by atoms with Gasteiger partial charge in [0.1, 0.15) is 35.8 Å². The Morgan fingerprint density at radius 3 is 2.34 bits per heavy atom. The van der Waals surface area contributed by atoms with Gasteiger partial charge in [-0.15, -0.1) is 0 Å². The van der Waals surface area contributed by atoms with Crippen LogP contribution in [0.2, 0.25) is 0 Å². The molecule has 4 aromatic rings. The Bertz CT molecular complexity index is 2320. The number of amides is 2. The van der Waals surface area contributed by atoms with Crippen LogP contribution in [0.25, 0.3) is 11.2 Å². The number of nitrogen functional groups attached to an aromatic ring is 1. The second-order valence-electron chi connectivity index (χ2n) is 16.9. The molecular weight excluding hydrogens is 793 g/mol. The third kappa shape index (κ3) is 10.4. The van der Waals surface area contributed by atoms with Crippen LogP contribution in [0.3, 0.4) is 0 Å². The summed E-state index contributed by atoms with van der Waals surface area (Å²) in [5.74, 6) is -0.636. The van der Waals surface area contributed by atoms with Gasteiger partial charge in [0.2, 0.25) is 11.8 Å². The van der Waals surface area contributed by atoms with E-state index >= 15 is 0 Å². The number of benzene rings is 2. The fourth-order valence-corrected chi connectivity index (χ4v) is 8.42. The molecule has 2 aliphatic rings. The number of hydrogen-bond acceptors (Lipinski definition) is 13. The van der Waals surface area contributed by atoms with Crippen LogP contribution in [0.15, 0.2) is 89.5 Å². The minimum atomic E-state index is -1.31. The monoisotopic (exact) mass is 850 g/mol. The largest absolute Gasteiger partial charge is 0.497 e. The Hall–Kier alpha value is -5.81. The van der Waals surface area contributed by atoms with Crippen molar-refractivity contribution in [1.29, 1.82) is 0 Å². The van der Waals surface area contributed by atoms with Gasteiger partial charge in [-0.25, -0.2) is 15.0 Å². The summed E-state index contributed by atoms with van der Waals surface area (Å²) in [4.78, 5) is 67.1. The molecule has 1 aliphatic carbocycles. The number of nitrogens with one attached hydrogen (secondary N) is 3. The fourth-order valence-electron chi connectivity index (χ4n) is 8.42. The van der Waals surface area contributed by atoms with E-state index in [0.717, 1.165) is 16.9 Å². The van der Waals surface area contributed by atoms with Crippen LogP contribution < -0.4 is 26.4 Å². The fraction of sp³-hybridized carbons (Fsp3) is 0.457. The third-order valence-corrected chi connectivity index (χ3v) is 12.0. The van der Waals surface area contributed by atoms with E-state index in [-0.39, 0.29) is 42.1 Å². The molecule has 0 bridgehead atoms. The van der Waals surface area contributed by atoms with Crippen molar-refractivity contribution in [3.63, 3.8) is 0 Å². The van der Waals surface area contributed by atoms with Crippen LogP contribution in [-0.4, -0.2) is 97.7 Å². The van der Waals surface area contributed by atoms with Crippen molar-refractivity contribution in [2.24, 2.45) is 11.3 Å². The van der Waals surface area contributed by atoms with Crippen molar-refractivity contribution in [3.05, 3.63) is 101 Å². The molecule has 0 radical (unpaired) electrons. The van der Waals surface area contributed by atoms with Crippen LogP contribution in [0, 0.1) is 11.3 Å². The van der Waals surface area contributed by atoms with Gasteiger partial charge in [0.25, 0.3) is 0 Å². The quantitative estimate of drug-likeness (QED) is 0.0741. The van der Waals surface area contributed by atoms with Crippen molar-refractivity contribution in [2.75, 3.05) is 25.9 Å². The first-order chi connectivity index (χ1) is 29.6. The highest BCUT2D eigenvalue weighted by Gasteiger charge is 2.45. The first kappa shape index (κ1) is 45.7. The Balaban J connectivity index is 1.20. The number of imidazole rings is 1. The highest BCUT2D eigenvalue weighted by atomic mass is 16.6. The van der Waals surface area contributed by atoms with E-state index in [2.05, 4.69) is 30.9 Å². The third-order valence-electron chi connectivity index (χ3n) is 12.0. The molecule has 6 rings (SSSR count). The number of carbonyl (C=O) groups excluding carboxylic acids is 4. The van der Waals surface area contributed by atoms with Crippen LogP contribution in [0.1, 0.15) is 77.7 Å². The highest BCUT2D eigenvalue weighted by molar-refractivity contribution is 6.25. The topological polar surface area (TPSA) is 233 Å². The maximum Gasteiger partial charge on any atom is 0.242 e. The second-order valence-corrected chi connectivity index (χ2v) is 16.9. The smallest absolute Gasteiger partial charge is 0.242 e. The molecule has 2 aromatic carbocycles. The number of aliphatic hydroxyl groups is 2. The zero-order valence-electron chi connectivity index (χ0n) is 36.2. The van der Waals surface area contributed by atoms with Gasteiger partial charge < -0.3 is 41.4 Å². The molecule has 0 spiro atoms. The normalized spacial score (nSPS) is 20.5. The number of allylic oxidation sites excluding steroid dienone is 4. The molecule has 2 amide bonds. The van der Waals surface area contributed by atoms with Crippen molar-refractivity contribution in [2.45, 2.75) is 104 Å². The van der Waals surface area contributed by atoms with E-state index in [1.807, 2.05) is 54.6 Å². The summed E-state index contributed by atoms with van der Waals surface area (Å²) in [6.07, 6.45) is -0.347. The Morgan fingerprint density at radius 2 is 1.63 bits per heavy atom. The summed E-state index contributed by atoms with van der Waals surface area (Å²) in [5.41, 5.74) is 9.09. The molecular formula is C46H58N8O8. The lowest BCUT2D eigenvalue weighted by molar-refractivity contribution is -0.130. The maximum absolute atomic E-state index is 14.0. The van der Waals surface area contributed by atoms with Gasteiger partial charge in [0, 0.05) is 47.2 Å². The number of Topliss-reactive ketones (excluding diaryl/α,β-unsaturated/α-hetero) is 2. The summed E-state index contributed by atoms with van der Waals surface area (Å²) in [6.45, 7) is 9.71. The summed E-state index contributed by atoms with van der Waals surface area (Å²) in [6, 6.07) is 16.4. The number of ether oxygens (including phenoxy) is 2. The molecule has 330 valence electrons. The first-order valence-corrected chi connectivity index (χ1v) is 21.0. The lowest BCUT2D eigenvalue weighted by atomic mass is 9.71. The number of rotatable bonds is 19. The maximum atomic E-state index is 14.0. The van der Waals surface area contributed by atoms with Crippen LogP contribution in [0.4, 0.5) is 5.82 Å². The van der Waals surface area contributed by atoms with E-state index in [4.69, 9.17) is 15.2 Å². The van der Waals surface area contributed by atoms with Crippen molar-refractivity contribution in [3.8, 4) is 5.75 Å². The van der Waals surface area contributed by atoms with Crippen molar-refractivity contribution >= 4 is 40.4 Å². The average molecular weight is 851 g/mol. The van der Waals surface area contributed by atoms with Gasteiger partial charge in [-0.05, 0) is 82.2 Å². The molecule has 1 aliphatic heterocycles. The Labute approximate surface area is 361 Å². The summed E-state index contributed by atoms with van der Waals surface area (Å²) < 4.78 is 13.1. The molecule has 16 nitrogen and oxygen atoms in total. The number of ketones is 2. The molecule has 7 N–H and O–H groups in total. The van der Waals surface area contributed by atoms with E-state index < -0.39 is 41.9 Å². The van der Waals surface area contributed by atoms with Gasteiger partial charge in [-0.1, -0.05) is 56.3 Å². The van der Waals surface area contributed by atoms with E-state index in [9.17, 15) is 29.4 Å². The highest BCUT2D eigenvalue weighted by Crippen LogP contribution is 2.39. The lowest BCUT2D eigenvalue weighted by Gasteiger charge is -2.32. The molecule has 1 saturated heterocycles. The van der Waals surface area contributed by atoms with Gasteiger partial charge >= 0.3 is 0 Å². The number of nitrogens with zero attached hydrogens (tertiary/aromatic N) is 4. The summed E-state index contributed by atoms with van der Waals surface area (Å²) in [7, 11) is 1.59. The minimum Gasteiger partial charge on any atom is -0.497 e. The number of fused-ring (bicyclic) bond motifs is 1. The summed E-state index contributed by atoms with van der Waals surface area (Å²) in [5, 5.41) is 32.0. The predicted octanol–water partition coefficient (Wildman–Crippen LogP) is 3.68. The average Bonchev–Trinajstić information content (AvgIpc) is 3.81. The van der Waals surface area contributed by atoms with Crippen molar-refractivity contribution < 1.29 is 38.9 Å². The molecule has 16 heteroatoms. The van der Waals surface area contributed by atoms with Gasteiger partial charge in [0.15, 0.2) is 29.3 Å². The molecule has 0 saturated carbocycles. The van der Waals surface area contributed by atoms with Crippen LogP contribution in [0.5, 0.6) is 5.75 Å². The lowest BCUT2D eigenvalue weighted by Crippen LogP contribution is -2.48. The number of methoxy groups -OCH3 is 1. The second kappa shape index (κ2) is 19.9. The number of nitrogens with two attached hydrogens (primary N) is 1. The Morgan fingerprint density at radius 1 is 0.919 bits per heavy atom. The standard InChI is InChI=1S/C46H58N8O8/c1-26-27(2)39(57)36(28(3)38(26)56)46(4,5)21-35(55)53-33(44(60)49-19-18-29-12-15-32(61-6)16-13-29)17-14-31(23-48-22-30-10-8-7-9-11-30)20-34-40(58)41(59)45(62-34)54-25-52-37-42(47)50-24-51-43(37)54/h7-13,15-16,24-25,31,33-34,40-41,45,48,58-59H,14,17-23H2,1-6H3,(H,49,60)(H,53,55)(H2,47,50,51)/t31-,33-,34+,40?,41-,45+/m0/s1. The number of aromatic nitrogens is 4. The molecule has 3 heterocycles. The van der Waals surface area contributed by atoms with Gasteiger partial charge in [-0.3, -0.25) is 23.7 Å². The minimum absolute atomic E-state index is 0.149. The zero-order chi connectivity index (χ0) is 44.7. The molecule has 62 heavy (non-hydrogen) atoms. The number of aliphatic hydroxyl groups excluding tert-OH is 2. The van der Waals surface area contributed by atoms with E-state index in [1.54, 1.807) is 41.7 Å². The summed E-state index contributed by atoms with van der Waals surface area (Å²) >= 11 is 0. The van der Waals surface area contributed by atoms with Gasteiger partial charge in [0.05, 0.1) is 19.5 Å². The van der Waals surface area contributed by atoms with Crippen LogP contribution >= 0.6 is 0 Å². The van der Waals surface area contributed by atoms with Gasteiger partial charge in [-0.2, -0.15) is 0 Å². The SMILES string of the molecule is COc1ccc(CCNC(=O)[C@H](CC[C@H](CNCc2ccccc2)C[C@H]2O[C@@H](n3cnc4c(N)ncnc43)[C@@H](O)C2O)NC(=O)CC(C)(C)C2=C(C)C(=O)C(C)=C(C)C2=O)cc1. The Kier molecular flexibility index (Phi) is 14.7. The van der Waals surface area contributed by atoms with E-state index in [1.165, 1.54) is 17.2 Å². The first-order valence-electron chi connectivity index (χ1n) is 21.0. The molecule has 1 unspecified atom stereocenters. The molecule has 1 fully saturated rings. The van der Waals surface area contributed by atoms with Crippen LogP contribution in [-0.2, 0) is 36.9 Å². The number of anilines is 1. The zero-order valence-corrected chi connectivity index (χ0v) is 36.2.